The molecule has 0 radical (unpaired) electrons. The van der Waals surface area contributed by atoms with Gasteiger partial charge in [-0.1, -0.05) is 13.0 Å². The lowest BCUT2D eigenvalue weighted by Gasteiger charge is -2.44. The number of likely N-dealkylation sites (tertiary alicyclic amines) is 1. The van der Waals surface area contributed by atoms with Gasteiger partial charge in [0.1, 0.15) is 25.2 Å². The number of aliphatic carboxylic acids is 3. The van der Waals surface area contributed by atoms with E-state index >= 15 is 0 Å². The Morgan fingerprint density at radius 1 is 0.955 bits per heavy atom. The van der Waals surface area contributed by atoms with Crippen molar-refractivity contribution in [2.24, 2.45) is 23.7 Å². The summed E-state index contributed by atoms with van der Waals surface area (Å²) in [6.45, 7) is 2.60. The van der Waals surface area contributed by atoms with E-state index in [0.717, 1.165) is 25.7 Å². The maximum absolute atomic E-state index is 13.6. The van der Waals surface area contributed by atoms with E-state index < -0.39 is 108 Å². The molecule has 3 aromatic rings. The number of hydrogen-bond acceptors (Lipinski definition) is 17. The van der Waals surface area contributed by atoms with Crippen LogP contribution in [0.5, 0.6) is 5.75 Å². The van der Waals surface area contributed by atoms with Gasteiger partial charge in [0.05, 0.1) is 42.4 Å². The molecule has 0 saturated carbocycles. The zero-order valence-electron chi connectivity index (χ0n) is 37.3. The Labute approximate surface area is 382 Å². The minimum absolute atomic E-state index is 0.00157. The molecule has 0 bridgehead atoms. The summed E-state index contributed by atoms with van der Waals surface area (Å²) in [5.74, 6) is -9.50. The Kier molecular flexibility index (Phi) is 16.6. The highest BCUT2D eigenvalue weighted by atomic mass is 16.7. The van der Waals surface area contributed by atoms with Gasteiger partial charge < -0.3 is 53.9 Å². The number of amides is 3. The molecule has 25 nitrogen and oxygen atoms in total. The molecule has 360 valence electrons. The molecule has 0 aliphatic carbocycles. The Morgan fingerprint density at radius 2 is 1.61 bits per heavy atom. The zero-order valence-corrected chi connectivity index (χ0v) is 37.3. The van der Waals surface area contributed by atoms with Gasteiger partial charge in [-0.25, -0.2) is 24.4 Å². The first kappa shape index (κ1) is 50.4. The molecule has 5 rings (SSSR count). The van der Waals surface area contributed by atoms with Crippen molar-refractivity contribution >= 4 is 64.4 Å². The van der Waals surface area contributed by atoms with Crippen molar-refractivity contribution in [3.8, 4) is 11.8 Å². The first-order valence-corrected chi connectivity index (χ1v) is 20.9. The number of piperidine rings is 1. The number of nitriles is 1. The van der Waals surface area contributed by atoms with Crippen LogP contribution in [0.1, 0.15) is 44.6 Å². The van der Waals surface area contributed by atoms with Gasteiger partial charge in [-0.05, 0) is 36.0 Å². The van der Waals surface area contributed by atoms with Crippen molar-refractivity contribution < 1.29 is 72.8 Å². The van der Waals surface area contributed by atoms with Gasteiger partial charge in [-0.2, -0.15) is 5.26 Å². The minimum atomic E-state index is -1.79. The summed E-state index contributed by atoms with van der Waals surface area (Å²) in [4.78, 5) is 114. The predicted molar refractivity (Wildman–Crippen MR) is 228 cm³/mol. The van der Waals surface area contributed by atoms with Crippen LogP contribution in [-0.2, 0) is 44.8 Å². The number of nitro groups is 1. The number of aromatic nitrogens is 3. The number of methoxy groups -OCH3 is 1. The number of carbonyl (C=O) groups excluding carboxylic acids is 4. The molecule has 2 fully saturated rings. The van der Waals surface area contributed by atoms with Crippen LogP contribution in [0.4, 0.5) is 21.1 Å². The number of rotatable bonds is 18. The van der Waals surface area contributed by atoms with Gasteiger partial charge in [0, 0.05) is 77.8 Å². The van der Waals surface area contributed by atoms with E-state index in [-0.39, 0.29) is 42.9 Å². The molecule has 4 heterocycles. The lowest BCUT2D eigenvalue weighted by atomic mass is 9.71. The molecule has 0 unspecified atom stereocenters. The molecule has 2 aliphatic heterocycles. The average molecular weight is 938 g/mol. The Morgan fingerprint density at radius 3 is 2.25 bits per heavy atom. The molecule has 25 heteroatoms. The number of nitrogens with zero attached hydrogens (tertiary/aromatic N) is 9. The highest BCUT2D eigenvalue weighted by Crippen LogP contribution is 2.44. The second-order valence-electron chi connectivity index (χ2n) is 16.3. The maximum atomic E-state index is 13.6. The number of carbonyl (C=O) groups is 7. The second-order valence-corrected chi connectivity index (χ2v) is 16.3. The Hall–Kier alpha value is -7.62. The summed E-state index contributed by atoms with van der Waals surface area (Å²) in [6.07, 6.45) is -3.36. The van der Waals surface area contributed by atoms with Crippen molar-refractivity contribution in [2.45, 2.75) is 64.1 Å². The first-order valence-electron chi connectivity index (χ1n) is 20.9. The van der Waals surface area contributed by atoms with E-state index in [2.05, 4.69) is 16.9 Å². The minimum Gasteiger partial charge on any atom is -0.481 e. The van der Waals surface area contributed by atoms with Crippen LogP contribution in [0, 0.1) is 45.1 Å². The number of benzene rings is 1. The molecule has 7 atom stereocenters. The summed E-state index contributed by atoms with van der Waals surface area (Å²) in [6, 6.07) is 6.45. The lowest BCUT2D eigenvalue weighted by molar-refractivity contribution is -0.386. The monoisotopic (exact) mass is 937 g/mol. The van der Waals surface area contributed by atoms with Crippen LogP contribution in [0.2, 0.25) is 0 Å². The smallest absolute Gasteiger partial charge is 0.409 e. The summed E-state index contributed by atoms with van der Waals surface area (Å²) in [5.41, 5.74) is -0.250. The highest BCUT2D eigenvalue weighted by molar-refractivity contribution is 5.95. The van der Waals surface area contributed by atoms with Crippen LogP contribution < -0.4 is 9.64 Å². The van der Waals surface area contributed by atoms with E-state index in [0.29, 0.717) is 29.9 Å². The van der Waals surface area contributed by atoms with Crippen LogP contribution >= 0.6 is 0 Å². The Bertz CT molecular complexity index is 2420. The maximum Gasteiger partial charge on any atom is 0.409 e. The number of ether oxygens (including phenoxy) is 4. The molecule has 2 aliphatic rings. The highest BCUT2D eigenvalue weighted by Gasteiger charge is 2.52. The summed E-state index contributed by atoms with van der Waals surface area (Å²) in [5, 5.41) is 50.8. The van der Waals surface area contributed by atoms with E-state index in [1.807, 2.05) is 18.0 Å². The standard InChI is InChI=1S/C42H51N9O16/c1-23-9-12-49(32(52)8-11-43)20-30(23)48(4)37-25-10-13-50(38(25)45-22-44-37)41(60)46(2)14-15-47(3)42(61)65-21-24-6-7-31(29(16-24)51(62)63)66-40-28(19-35(57)58)26(17-33(53)54)27(18-34(55)56)36(67-40)39(59)64-5/h6-7,10,13,16,22-23,26-28,30,36,40H,8-9,12,14-15,17-21H2,1-5H3,(H,53,54)(H,55,56)(H,57,58)/t23-,26+,27+,28-,30+,36+,40-/m1/s1. The van der Waals surface area contributed by atoms with E-state index in [1.54, 1.807) is 17.2 Å². The third-order valence-electron chi connectivity index (χ3n) is 12.0. The summed E-state index contributed by atoms with van der Waals surface area (Å²) < 4.78 is 23.0. The SMILES string of the molecule is COC(=O)[C@H]1O[C@@H](Oc2ccc(COC(=O)N(C)CCN(C)C(=O)n3ccc4c(N(C)[C@H]5CN(C(=O)CC#N)CC[C@H]5C)ncnc43)cc2[N+](=O)[O-])[C@H](CC(=O)O)[C@@H](CC(=O)O)[C@@H]1CC(=O)O. The third kappa shape index (κ3) is 12.0. The quantitative estimate of drug-likeness (QED) is 0.0937. The van der Waals surface area contributed by atoms with Crippen molar-refractivity contribution in [3.63, 3.8) is 0 Å². The van der Waals surface area contributed by atoms with Crippen molar-refractivity contribution in [3.05, 3.63) is 52.5 Å². The topological polar surface area (TPSA) is 328 Å². The molecule has 1 aromatic carbocycles. The summed E-state index contributed by atoms with van der Waals surface area (Å²) in [7, 11) is 5.77. The number of likely N-dealkylation sites (N-methyl/N-ethyl adjacent to an activating group) is 3. The van der Waals surface area contributed by atoms with Crippen molar-refractivity contribution in [1.29, 1.82) is 5.26 Å². The van der Waals surface area contributed by atoms with E-state index in [4.69, 9.17) is 24.2 Å². The molecular formula is C42H51N9O16. The summed E-state index contributed by atoms with van der Waals surface area (Å²) >= 11 is 0. The number of carboxylic acids is 3. The van der Waals surface area contributed by atoms with Gasteiger partial charge in [-0.15, -0.1) is 0 Å². The van der Waals surface area contributed by atoms with Crippen molar-refractivity contribution in [1.82, 2.24) is 29.2 Å². The number of hydrogen-bond donors (Lipinski definition) is 3. The van der Waals surface area contributed by atoms with Gasteiger partial charge in [0.2, 0.25) is 12.2 Å². The van der Waals surface area contributed by atoms with Gasteiger partial charge in [0.25, 0.3) is 0 Å². The zero-order chi connectivity index (χ0) is 49.3. The number of esters is 1. The molecule has 2 aromatic heterocycles. The normalized spacial score (nSPS) is 21.3. The number of carboxylic acid groups (broad SMARTS) is 3. The largest absolute Gasteiger partial charge is 0.481 e. The number of fused-ring (bicyclic) bond motifs is 1. The van der Waals surface area contributed by atoms with Gasteiger partial charge >= 0.3 is 41.7 Å². The number of nitro benzene ring substituents is 1. The van der Waals surface area contributed by atoms with Crippen molar-refractivity contribution in [2.75, 3.05) is 59.3 Å². The third-order valence-corrected chi connectivity index (χ3v) is 12.0. The lowest BCUT2D eigenvalue weighted by Crippen LogP contribution is -2.54. The number of anilines is 1. The molecule has 0 spiro atoms. The predicted octanol–water partition coefficient (Wildman–Crippen LogP) is 2.64. The average Bonchev–Trinajstić information content (AvgIpc) is 3.72. The molecule has 2 saturated heterocycles. The van der Waals surface area contributed by atoms with E-state index in [9.17, 15) is 59.0 Å². The van der Waals surface area contributed by atoms with Crippen LogP contribution in [0.3, 0.4) is 0 Å². The second kappa shape index (κ2) is 22.0. The molecule has 3 amide bonds. The molecule has 3 N–H and O–H groups in total. The molecular weight excluding hydrogens is 887 g/mol. The van der Waals surface area contributed by atoms with Crippen LogP contribution in [0.25, 0.3) is 11.0 Å². The first-order chi connectivity index (χ1) is 31.7. The fourth-order valence-electron chi connectivity index (χ4n) is 8.40. The van der Waals surface area contributed by atoms with E-state index in [1.165, 1.54) is 40.9 Å². The Balaban J connectivity index is 1.23. The molecule has 67 heavy (non-hydrogen) atoms. The van der Waals surface area contributed by atoms with Gasteiger partial charge in [-0.3, -0.25) is 33.9 Å². The fraction of sp³-hybridized carbons (Fsp3) is 0.524. The van der Waals surface area contributed by atoms with Crippen LogP contribution in [-0.4, -0.2) is 164 Å². The van der Waals surface area contributed by atoms with Crippen LogP contribution in [0.15, 0.2) is 36.8 Å². The fourth-order valence-corrected chi connectivity index (χ4v) is 8.40. The van der Waals surface area contributed by atoms with Gasteiger partial charge in [0.15, 0.2) is 17.5 Å².